The molecule has 0 spiro atoms. The molecule has 0 saturated carbocycles. The molecular weight excluding hydrogens is 224 g/mol. The summed E-state index contributed by atoms with van der Waals surface area (Å²) < 4.78 is 1.81. The van der Waals surface area contributed by atoms with Gasteiger partial charge in [0.1, 0.15) is 0 Å². The summed E-state index contributed by atoms with van der Waals surface area (Å²) in [5, 5.41) is 8.35. The van der Waals surface area contributed by atoms with E-state index in [9.17, 15) is 0 Å². The highest BCUT2D eigenvalue weighted by Crippen LogP contribution is 2.18. The fourth-order valence-electron chi connectivity index (χ4n) is 1.99. The summed E-state index contributed by atoms with van der Waals surface area (Å²) in [4.78, 5) is 0. The van der Waals surface area contributed by atoms with Crippen molar-refractivity contribution in [1.29, 1.82) is 0 Å². The van der Waals surface area contributed by atoms with Gasteiger partial charge in [-0.25, -0.2) is 4.68 Å². The molecule has 1 heterocycles. The average molecular weight is 244 g/mol. The highest BCUT2D eigenvalue weighted by Gasteiger charge is 2.11. The molecule has 0 bridgehead atoms. The zero-order chi connectivity index (χ0) is 13.1. The molecule has 0 aliphatic rings. The number of aryl methyl sites for hydroxylation is 2. The Morgan fingerprint density at radius 3 is 2.83 bits per heavy atom. The van der Waals surface area contributed by atoms with Crippen LogP contribution < -0.4 is 5.73 Å². The molecule has 2 N–H and O–H groups in total. The summed E-state index contributed by atoms with van der Waals surface area (Å²) in [5.74, 6) is 0. The molecule has 18 heavy (non-hydrogen) atoms. The molecule has 4 nitrogen and oxygen atoms in total. The van der Waals surface area contributed by atoms with Crippen LogP contribution in [-0.4, -0.2) is 15.0 Å². The molecule has 1 atom stereocenters. The van der Waals surface area contributed by atoms with Crippen molar-refractivity contribution in [1.82, 2.24) is 15.0 Å². The standard InChI is InChI=1S/C14H20N4/c1-4-5-12(15)13-9-18(17-16-13)14-8-10(2)6-7-11(14)3/h6-9,12H,4-5,15H2,1-3H3. The van der Waals surface area contributed by atoms with Gasteiger partial charge in [0.05, 0.1) is 23.6 Å². The van der Waals surface area contributed by atoms with Crippen LogP contribution in [0.1, 0.15) is 42.6 Å². The number of nitrogens with zero attached hydrogens (tertiary/aromatic N) is 3. The summed E-state index contributed by atoms with van der Waals surface area (Å²) in [6, 6.07) is 6.28. The third kappa shape index (κ3) is 2.59. The third-order valence-electron chi connectivity index (χ3n) is 3.10. The first-order valence-electron chi connectivity index (χ1n) is 6.37. The maximum absolute atomic E-state index is 6.05. The van der Waals surface area contributed by atoms with Gasteiger partial charge in [0.2, 0.25) is 0 Å². The van der Waals surface area contributed by atoms with Crippen LogP contribution >= 0.6 is 0 Å². The van der Waals surface area contributed by atoms with Gasteiger partial charge in [0, 0.05) is 0 Å². The Labute approximate surface area is 108 Å². The molecular formula is C14H20N4. The lowest BCUT2D eigenvalue weighted by Crippen LogP contribution is -2.10. The van der Waals surface area contributed by atoms with Gasteiger partial charge in [0.25, 0.3) is 0 Å². The first kappa shape index (κ1) is 12.8. The van der Waals surface area contributed by atoms with Crippen LogP contribution in [0.5, 0.6) is 0 Å². The first-order valence-corrected chi connectivity index (χ1v) is 6.37. The number of nitrogens with two attached hydrogens (primary N) is 1. The SMILES string of the molecule is CCCC(N)c1cn(-c2cc(C)ccc2C)nn1. The molecule has 96 valence electrons. The highest BCUT2D eigenvalue weighted by molar-refractivity contribution is 5.42. The third-order valence-corrected chi connectivity index (χ3v) is 3.10. The van der Waals surface area contributed by atoms with Crippen LogP contribution in [0.4, 0.5) is 0 Å². The van der Waals surface area contributed by atoms with Crippen LogP contribution in [0, 0.1) is 13.8 Å². The minimum atomic E-state index is -0.0196. The predicted molar refractivity (Wildman–Crippen MR) is 72.7 cm³/mol. The monoisotopic (exact) mass is 244 g/mol. The van der Waals surface area contributed by atoms with E-state index in [2.05, 4.69) is 49.3 Å². The lowest BCUT2D eigenvalue weighted by Gasteiger charge is -2.06. The van der Waals surface area contributed by atoms with Gasteiger partial charge in [-0.3, -0.25) is 0 Å². The van der Waals surface area contributed by atoms with Gasteiger partial charge >= 0.3 is 0 Å². The van der Waals surface area contributed by atoms with Crippen LogP contribution in [0.25, 0.3) is 5.69 Å². The topological polar surface area (TPSA) is 56.7 Å². The molecule has 0 saturated heterocycles. The zero-order valence-corrected chi connectivity index (χ0v) is 11.2. The van der Waals surface area contributed by atoms with Crippen molar-refractivity contribution < 1.29 is 0 Å². The van der Waals surface area contributed by atoms with Crippen LogP contribution in [-0.2, 0) is 0 Å². The van der Waals surface area contributed by atoms with Gasteiger partial charge in [-0.2, -0.15) is 0 Å². The molecule has 0 aliphatic carbocycles. The van der Waals surface area contributed by atoms with Gasteiger partial charge in [-0.05, 0) is 37.5 Å². The van der Waals surface area contributed by atoms with E-state index in [0.29, 0.717) is 0 Å². The second kappa shape index (κ2) is 5.31. The first-order chi connectivity index (χ1) is 8.61. The summed E-state index contributed by atoms with van der Waals surface area (Å²) >= 11 is 0. The van der Waals surface area contributed by atoms with E-state index < -0.39 is 0 Å². The highest BCUT2D eigenvalue weighted by atomic mass is 15.4. The number of rotatable bonds is 4. The van der Waals surface area contributed by atoms with Crippen LogP contribution in [0.2, 0.25) is 0 Å². The molecule has 0 amide bonds. The quantitative estimate of drug-likeness (QED) is 0.899. The molecule has 1 aromatic carbocycles. The molecule has 0 aliphatic heterocycles. The predicted octanol–water partition coefficient (Wildman–Crippen LogP) is 2.68. The molecule has 2 rings (SSSR count). The van der Waals surface area contributed by atoms with Gasteiger partial charge < -0.3 is 5.73 Å². The van der Waals surface area contributed by atoms with Crippen molar-refractivity contribution in [3.05, 3.63) is 41.2 Å². The van der Waals surface area contributed by atoms with E-state index in [1.807, 2.05) is 10.9 Å². The number of hydrogen-bond acceptors (Lipinski definition) is 3. The lowest BCUT2D eigenvalue weighted by molar-refractivity contribution is 0.619. The van der Waals surface area contributed by atoms with Crippen molar-refractivity contribution in [2.24, 2.45) is 5.73 Å². The van der Waals surface area contributed by atoms with E-state index >= 15 is 0 Å². The summed E-state index contributed by atoms with van der Waals surface area (Å²) in [7, 11) is 0. The largest absolute Gasteiger partial charge is 0.323 e. The van der Waals surface area contributed by atoms with Crippen molar-refractivity contribution >= 4 is 0 Å². The minimum absolute atomic E-state index is 0.0196. The normalized spacial score (nSPS) is 12.7. The van der Waals surface area contributed by atoms with E-state index in [1.165, 1.54) is 11.1 Å². The van der Waals surface area contributed by atoms with Crippen LogP contribution in [0.15, 0.2) is 24.4 Å². The Morgan fingerprint density at radius 2 is 2.11 bits per heavy atom. The Bertz CT molecular complexity index is 530. The molecule has 0 fully saturated rings. The van der Waals surface area contributed by atoms with Gasteiger partial charge in [-0.15, -0.1) is 5.10 Å². The van der Waals surface area contributed by atoms with E-state index in [1.54, 1.807) is 0 Å². The Balaban J connectivity index is 2.32. The maximum atomic E-state index is 6.05. The van der Waals surface area contributed by atoms with Gasteiger partial charge in [-0.1, -0.05) is 30.7 Å². The maximum Gasteiger partial charge on any atom is 0.0998 e. The number of aromatic nitrogens is 3. The smallest absolute Gasteiger partial charge is 0.0998 e. The van der Waals surface area contributed by atoms with E-state index in [0.717, 1.165) is 24.2 Å². The average Bonchev–Trinajstić information content (AvgIpc) is 2.82. The lowest BCUT2D eigenvalue weighted by atomic mass is 10.1. The number of benzene rings is 1. The molecule has 1 unspecified atom stereocenters. The van der Waals surface area contributed by atoms with Crippen molar-refractivity contribution in [3.8, 4) is 5.69 Å². The van der Waals surface area contributed by atoms with Crippen LogP contribution in [0.3, 0.4) is 0 Å². The minimum Gasteiger partial charge on any atom is -0.323 e. The summed E-state index contributed by atoms with van der Waals surface area (Å²) in [5.41, 5.74) is 10.4. The molecule has 2 aromatic rings. The fourth-order valence-corrected chi connectivity index (χ4v) is 1.99. The van der Waals surface area contributed by atoms with Gasteiger partial charge in [0.15, 0.2) is 0 Å². The van der Waals surface area contributed by atoms with Crippen molar-refractivity contribution in [3.63, 3.8) is 0 Å². The van der Waals surface area contributed by atoms with Crippen molar-refractivity contribution in [2.75, 3.05) is 0 Å². The molecule has 4 heteroatoms. The Morgan fingerprint density at radius 1 is 1.33 bits per heavy atom. The zero-order valence-electron chi connectivity index (χ0n) is 11.2. The Kier molecular flexibility index (Phi) is 3.77. The van der Waals surface area contributed by atoms with E-state index in [-0.39, 0.29) is 6.04 Å². The second-order valence-electron chi connectivity index (χ2n) is 4.77. The van der Waals surface area contributed by atoms with Crippen molar-refractivity contribution in [2.45, 2.75) is 39.7 Å². The summed E-state index contributed by atoms with van der Waals surface area (Å²) in [6.45, 7) is 6.26. The summed E-state index contributed by atoms with van der Waals surface area (Å²) in [6.07, 6.45) is 3.92. The Hall–Kier alpha value is -1.68. The van der Waals surface area contributed by atoms with E-state index in [4.69, 9.17) is 5.73 Å². The number of hydrogen-bond donors (Lipinski definition) is 1. The molecule has 0 radical (unpaired) electrons. The molecule has 1 aromatic heterocycles. The fraction of sp³-hybridized carbons (Fsp3) is 0.429. The second-order valence-corrected chi connectivity index (χ2v) is 4.77.